The monoisotopic (exact) mass is 271 g/mol. The summed E-state index contributed by atoms with van der Waals surface area (Å²) in [5, 5.41) is 3.29. The number of ether oxygens (including phenoxy) is 1. The van der Waals surface area contributed by atoms with Crippen molar-refractivity contribution in [2.45, 2.75) is 19.1 Å². The molecule has 104 valence electrons. The first-order valence-electron chi connectivity index (χ1n) is 6.99. The molecule has 1 heterocycles. The van der Waals surface area contributed by atoms with Crippen LogP contribution in [0.25, 0.3) is 11.1 Å². The van der Waals surface area contributed by atoms with Gasteiger partial charge in [-0.25, -0.2) is 4.39 Å². The lowest BCUT2D eigenvalue weighted by Crippen LogP contribution is -2.16. The molecule has 2 nitrogen and oxygen atoms in total. The highest BCUT2D eigenvalue weighted by Gasteiger charge is 2.15. The molecule has 3 heteroatoms. The Kier molecular flexibility index (Phi) is 4.09. The second-order valence-corrected chi connectivity index (χ2v) is 5.09. The molecular weight excluding hydrogens is 253 g/mol. The van der Waals surface area contributed by atoms with Crippen LogP contribution < -0.4 is 5.32 Å². The fourth-order valence-electron chi connectivity index (χ4n) is 2.54. The van der Waals surface area contributed by atoms with Crippen molar-refractivity contribution in [2.24, 2.45) is 0 Å². The van der Waals surface area contributed by atoms with Crippen LogP contribution in [0, 0.1) is 5.82 Å². The first-order valence-corrected chi connectivity index (χ1v) is 6.99. The summed E-state index contributed by atoms with van der Waals surface area (Å²) in [4.78, 5) is 0. The molecule has 1 aliphatic rings. The second-order valence-electron chi connectivity index (χ2n) is 5.09. The van der Waals surface area contributed by atoms with Crippen molar-refractivity contribution >= 4 is 0 Å². The van der Waals surface area contributed by atoms with Gasteiger partial charge in [0, 0.05) is 6.54 Å². The van der Waals surface area contributed by atoms with E-state index in [9.17, 15) is 4.39 Å². The lowest BCUT2D eigenvalue weighted by molar-refractivity contribution is 0.0545. The van der Waals surface area contributed by atoms with Gasteiger partial charge < -0.3 is 10.1 Å². The van der Waals surface area contributed by atoms with Crippen LogP contribution >= 0.6 is 0 Å². The first kappa shape index (κ1) is 13.3. The summed E-state index contributed by atoms with van der Waals surface area (Å²) in [6, 6.07) is 14.7. The van der Waals surface area contributed by atoms with E-state index >= 15 is 0 Å². The van der Waals surface area contributed by atoms with E-state index in [1.165, 1.54) is 12.1 Å². The molecule has 1 saturated heterocycles. The quantitative estimate of drug-likeness (QED) is 0.920. The molecule has 0 aliphatic carbocycles. The highest BCUT2D eigenvalue weighted by molar-refractivity contribution is 5.67. The zero-order chi connectivity index (χ0) is 13.8. The van der Waals surface area contributed by atoms with E-state index in [2.05, 4.69) is 17.4 Å². The second kappa shape index (κ2) is 6.16. The molecule has 1 atom stereocenters. The minimum atomic E-state index is -0.209. The smallest absolute Gasteiger partial charge is 0.123 e. The van der Waals surface area contributed by atoms with Crippen LogP contribution in [-0.4, -0.2) is 19.2 Å². The highest BCUT2D eigenvalue weighted by Crippen LogP contribution is 2.25. The molecule has 0 aromatic heterocycles. The summed E-state index contributed by atoms with van der Waals surface area (Å²) >= 11 is 0. The minimum absolute atomic E-state index is 0.209. The highest BCUT2D eigenvalue weighted by atomic mass is 19.1. The van der Waals surface area contributed by atoms with Crippen LogP contribution in [0.5, 0.6) is 0 Å². The molecule has 20 heavy (non-hydrogen) atoms. The average Bonchev–Trinajstić information content (AvgIpc) is 3.00. The van der Waals surface area contributed by atoms with Gasteiger partial charge in [0.15, 0.2) is 0 Å². The van der Waals surface area contributed by atoms with E-state index in [4.69, 9.17) is 4.74 Å². The summed E-state index contributed by atoms with van der Waals surface area (Å²) in [5.41, 5.74) is 3.28. The van der Waals surface area contributed by atoms with Gasteiger partial charge in [0.05, 0.1) is 12.7 Å². The van der Waals surface area contributed by atoms with Crippen molar-refractivity contribution < 1.29 is 9.13 Å². The molecule has 1 N–H and O–H groups in total. The minimum Gasteiger partial charge on any atom is -0.372 e. The number of halogens is 1. The molecule has 0 unspecified atom stereocenters. The molecular formula is C17H18FNO. The van der Waals surface area contributed by atoms with Crippen LogP contribution in [0.3, 0.4) is 0 Å². The fraction of sp³-hybridized carbons (Fsp3) is 0.294. The Morgan fingerprint density at radius 3 is 2.65 bits per heavy atom. The number of rotatable bonds is 4. The third kappa shape index (κ3) is 3.06. The third-order valence-electron chi connectivity index (χ3n) is 3.66. The number of hydrogen-bond acceptors (Lipinski definition) is 2. The van der Waals surface area contributed by atoms with Gasteiger partial charge in [-0.2, -0.15) is 0 Å². The third-order valence-corrected chi connectivity index (χ3v) is 3.66. The molecule has 2 aromatic rings. The summed E-state index contributed by atoms with van der Waals surface area (Å²) in [6.07, 6.45) is 1.37. The first-order chi connectivity index (χ1) is 9.83. The molecule has 0 bridgehead atoms. The van der Waals surface area contributed by atoms with Crippen LogP contribution in [0.15, 0.2) is 48.5 Å². The van der Waals surface area contributed by atoms with Crippen molar-refractivity contribution in [3.63, 3.8) is 0 Å². The van der Waals surface area contributed by atoms with Crippen LogP contribution in [0.2, 0.25) is 0 Å². The molecule has 0 spiro atoms. The Morgan fingerprint density at radius 1 is 1.10 bits per heavy atom. The van der Waals surface area contributed by atoms with E-state index in [-0.39, 0.29) is 5.82 Å². The van der Waals surface area contributed by atoms with Crippen LogP contribution in [0.4, 0.5) is 4.39 Å². The van der Waals surface area contributed by atoms with Crippen molar-refractivity contribution in [2.75, 3.05) is 13.1 Å². The van der Waals surface area contributed by atoms with Crippen LogP contribution in [0.1, 0.15) is 12.0 Å². The van der Waals surface area contributed by atoms with Gasteiger partial charge in [0.2, 0.25) is 0 Å². The van der Waals surface area contributed by atoms with E-state index in [0.29, 0.717) is 12.7 Å². The molecule has 3 rings (SSSR count). The summed E-state index contributed by atoms with van der Waals surface area (Å²) < 4.78 is 19.0. The predicted molar refractivity (Wildman–Crippen MR) is 77.9 cm³/mol. The molecule has 0 radical (unpaired) electrons. The van der Waals surface area contributed by atoms with Gasteiger partial charge >= 0.3 is 0 Å². The van der Waals surface area contributed by atoms with Crippen molar-refractivity contribution in [1.82, 2.24) is 5.32 Å². The van der Waals surface area contributed by atoms with Crippen molar-refractivity contribution in [3.05, 3.63) is 59.9 Å². The largest absolute Gasteiger partial charge is 0.372 e. The van der Waals surface area contributed by atoms with E-state index in [1.807, 2.05) is 24.3 Å². The van der Waals surface area contributed by atoms with Crippen molar-refractivity contribution in [1.29, 1.82) is 0 Å². The van der Waals surface area contributed by atoms with Crippen molar-refractivity contribution in [3.8, 4) is 11.1 Å². The maximum atomic E-state index is 13.0. The molecule has 1 aliphatic heterocycles. The number of hydrogen-bond donors (Lipinski definition) is 1. The predicted octanol–water partition coefficient (Wildman–Crippen LogP) is 3.37. The van der Waals surface area contributed by atoms with E-state index in [1.54, 1.807) is 0 Å². The molecule has 2 aromatic carbocycles. The maximum Gasteiger partial charge on any atom is 0.123 e. The lowest BCUT2D eigenvalue weighted by Gasteiger charge is -2.14. The number of nitrogens with one attached hydrogen (secondary N) is 1. The van der Waals surface area contributed by atoms with Gasteiger partial charge in [-0.1, -0.05) is 36.4 Å². The van der Waals surface area contributed by atoms with Gasteiger partial charge in [0.25, 0.3) is 0 Å². The van der Waals surface area contributed by atoms with Gasteiger partial charge in [-0.05, 0) is 41.8 Å². The Hall–Kier alpha value is -1.71. The van der Waals surface area contributed by atoms with E-state index < -0.39 is 0 Å². The topological polar surface area (TPSA) is 21.3 Å². The standard InChI is InChI=1S/C17H18FNO/c18-15-7-5-13(6-8-15)17-4-2-1-3-14(17)12-20-16-9-10-19-11-16/h1-8,16,19H,9-12H2/t16-/m0/s1. The SMILES string of the molecule is Fc1ccc(-c2ccccc2CO[C@H]2CCNC2)cc1. The zero-order valence-corrected chi connectivity index (χ0v) is 11.3. The summed E-state index contributed by atoms with van der Waals surface area (Å²) in [6.45, 7) is 2.56. The maximum absolute atomic E-state index is 13.0. The van der Waals surface area contributed by atoms with Crippen LogP contribution in [-0.2, 0) is 11.3 Å². The Bertz CT molecular complexity index is 561. The number of benzene rings is 2. The Labute approximate surface area is 118 Å². The Balaban J connectivity index is 1.78. The molecule has 0 amide bonds. The summed E-state index contributed by atoms with van der Waals surface area (Å²) in [7, 11) is 0. The normalized spacial score (nSPS) is 18.4. The average molecular weight is 271 g/mol. The van der Waals surface area contributed by atoms with Gasteiger partial charge in [-0.15, -0.1) is 0 Å². The lowest BCUT2D eigenvalue weighted by atomic mass is 10.0. The zero-order valence-electron chi connectivity index (χ0n) is 11.3. The molecule has 1 fully saturated rings. The van der Waals surface area contributed by atoms with Gasteiger partial charge in [-0.3, -0.25) is 0 Å². The fourth-order valence-corrected chi connectivity index (χ4v) is 2.54. The Morgan fingerprint density at radius 2 is 1.90 bits per heavy atom. The molecule has 0 saturated carbocycles. The summed E-state index contributed by atoms with van der Waals surface area (Å²) in [5.74, 6) is -0.209. The van der Waals surface area contributed by atoms with E-state index in [0.717, 1.165) is 36.2 Å². The van der Waals surface area contributed by atoms with Gasteiger partial charge in [0.1, 0.15) is 5.82 Å².